The summed E-state index contributed by atoms with van der Waals surface area (Å²) < 4.78 is 10.4. The fourth-order valence-corrected chi connectivity index (χ4v) is 2.93. The van der Waals surface area contributed by atoms with Crippen LogP contribution < -0.4 is 10.5 Å². The molecule has 9 nitrogen and oxygen atoms in total. The highest BCUT2D eigenvalue weighted by molar-refractivity contribution is 5.73. The topological polar surface area (TPSA) is 163 Å². The van der Waals surface area contributed by atoms with Crippen LogP contribution >= 0.6 is 0 Å². The van der Waals surface area contributed by atoms with Crippen molar-refractivity contribution in [1.82, 2.24) is 0 Å². The molecule has 0 amide bonds. The molecule has 2 rings (SSSR count). The maximum absolute atomic E-state index is 11.1. The Hall–Kier alpha value is -2.33. The molecule has 1 heterocycles. The van der Waals surface area contributed by atoms with E-state index < -0.39 is 41.6 Å². The van der Waals surface area contributed by atoms with Crippen LogP contribution in [0, 0.1) is 5.92 Å². The first-order chi connectivity index (χ1) is 12.7. The first-order valence-corrected chi connectivity index (χ1v) is 8.55. The van der Waals surface area contributed by atoms with Gasteiger partial charge in [0.25, 0.3) is 0 Å². The van der Waals surface area contributed by atoms with Crippen LogP contribution in [0.15, 0.2) is 36.0 Å². The fraction of sp³-hybridized carbons (Fsp3) is 0.500. The van der Waals surface area contributed by atoms with Crippen LogP contribution in [-0.4, -0.2) is 56.4 Å². The van der Waals surface area contributed by atoms with Gasteiger partial charge in [0, 0.05) is 5.92 Å². The van der Waals surface area contributed by atoms with E-state index in [1.165, 1.54) is 12.1 Å². The van der Waals surface area contributed by atoms with Gasteiger partial charge >= 0.3 is 11.9 Å². The van der Waals surface area contributed by atoms with Crippen LogP contribution in [0.4, 0.5) is 0 Å². The molecule has 0 aliphatic carbocycles. The van der Waals surface area contributed by atoms with E-state index in [0.717, 1.165) is 0 Å². The Morgan fingerprint density at radius 1 is 1.41 bits per heavy atom. The molecule has 1 aliphatic heterocycles. The molecular formula is C18H25NO8. The molecule has 150 valence electrons. The summed E-state index contributed by atoms with van der Waals surface area (Å²) in [5, 5.41) is 49.4. The van der Waals surface area contributed by atoms with Crippen molar-refractivity contribution in [3.8, 4) is 5.75 Å². The molecule has 9 heteroatoms. The number of ether oxygens (including phenoxy) is 2. The van der Waals surface area contributed by atoms with Crippen molar-refractivity contribution in [3.63, 3.8) is 0 Å². The smallest absolute Gasteiger partial charge is 0.347 e. The second-order valence-electron chi connectivity index (χ2n) is 6.53. The van der Waals surface area contributed by atoms with Crippen LogP contribution in [0.25, 0.3) is 0 Å². The largest absolute Gasteiger partial charge is 0.504 e. The average Bonchev–Trinajstić information content (AvgIpc) is 2.66. The van der Waals surface area contributed by atoms with Gasteiger partial charge in [0.15, 0.2) is 0 Å². The molecule has 1 aliphatic rings. The van der Waals surface area contributed by atoms with Gasteiger partial charge in [-0.3, -0.25) is 0 Å². The lowest BCUT2D eigenvalue weighted by molar-refractivity contribution is -0.171. The first-order valence-electron chi connectivity index (χ1n) is 8.55. The molecule has 0 aromatic heterocycles. The highest BCUT2D eigenvalue weighted by Crippen LogP contribution is 2.35. The van der Waals surface area contributed by atoms with E-state index in [2.05, 4.69) is 0 Å². The summed E-state index contributed by atoms with van der Waals surface area (Å²) in [5.41, 5.74) is 5.00. The fourth-order valence-electron chi connectivity index (χ4n) is 2.93. The van der Waals surface area contributed by atoms with Crippen molar-refractivity contribution in [2.75, 3.05) is 6.54 Å². The van der Waals surface area contributed by atoms with Gasteiger partial charge in [-0.2, -0.15) is 0 Å². The number of carboxylic acids is 1. The first kappa shape index (κ1) is 21.0. The van der Waals surface area contributed by atoms with Crippen LogP contribution in [-0.2, 0) is 15.1 Å². The van der Waals surface area contributed by atoms with Crippen molar-refractivity contribution in [1.29, 1.82) is 0 Å². The zero-order valence-corrected chi connectivity index (χ0v) is 15.1. The Morgan fingerprint density at radius 3 is 2.63 bits per heavy atom. The van der Waals surface area contributed by atoms with Gasteiger partial charge in [0.05, 0.1) is 5.60 Å². The lowest BCUT2D eigenvalue weighted by atomic mass is 9.80. The minimum atomic E-state index is -1.87. The number of aliphatic carboxylic acids is 1. The summed E-state index contributed by atoms with van der Waals surface area (Å²) in [6, 6.07) is 6.31. The molecular weight excluding hydrogens is 358 g/mol. The van der Waals surface area contributed by atoms with E-state index >= 15 is 0 Å². The van der Waals surface area contributed by atoms with E-state index in [4.69, 9.17) is 20.3 Å². The molecule has 27 heavy (non-hydrogen) atoms. The second kappa shape index (κ2) is 8.13. The predicted octanol–water partition coefficient (Wildman–Crippen LogP) is 0.190. The van der Waals surface area contributed by atoms with Crippen LogP contribution in [0.3, 0.4) is 0 Å². The normalized spacial score (nSPS) is 26.1. The molecule has 0 bridgehead atoms. The number of aliphatic hydroxyl groups is 4. The lowest BCUT2D eigenvalue weighted by Crippen LogP contribution is -2.49. The molecule has 5 atom stereocenters. The number of hydrogen-bond donors (Lipinski definition) is 6. The number of rotatable bonds is 7. The Balaban J connectivity index is 2.34. The Bertz CT molecular complexity index is 721. The third kappa shape index (κ3) is 4.01. The summed E-state index contributed by atoms with van der Waals surface area (Å²) in [7, 11) is 0. The number of aliphatic hydroxyl groups excluding tert-OH is 3. The maximum Gasteiger partial charge on any atom is 0.347 e. The number of carbonyl (C=O) groups is 1. The quantitative estimate of drug-likeness (QED) is 0.386. The molecule has 0 saturated heterocycles. The summed E-state index contributed by atoms with van der Waals surface area (Å²) >= 11 is 0. The summed E-state index contributed by atoms with van der Waals surface area (Å²) in [6.45, 7) is 3.88. The van der Waals surface area contributed by atoms with Gasteiger partial charge in [-0.25, -0.2) is 4.79 Å². The number of nitrogens with two attached hydrogens (primary N) is 1. The van der Waals surface area contributed by atoms with Crippen molar-refractivity contribution >= 4 is 5.97 Å². The molecule has 7 N–H and O–H groups in total. The summed E-state index contributed by atoms with van der Waals surface area (Å²) in [5.74, 6) is -3.10. The number of hydrogen-bond acceptors (Lipinski definition) is 8. The second-order valence-corrected chi connectivity index (χ2v) is 6.53. The van der Waals surface area contributed by atoms with E-state index in [0.29, 0.717) is 12.0 Å². The van der Waals surface area contributed by atoms with E-state index in [1.54, 1.807) is 12.1 Å². The zero-order valence-electron chi connectivity index (χ0n) is 15.1. The molecule has 4 unspecified atom stereocenters. The molecule has 1 aromatic rings. The summed E-state index contributed by atoms with van der Waals surface area (Å²) in [4.78, 5) is 11.1. The van der Waals surface area contributed by atoms with Gasteiger partial charge in [-0.05, 0) is 30.7 Å². The maximum atomic E-state index is 11.1. The third-order valence-corrected chi connectivity index (χ3v) is 4.85. The highest BCUT2D eigenvalue weighted by atomic mass is 16.7. The average molecular weight is 383 g/mol. The van der Waals surface area contributed by atoms with Crippen molar-refractivity contribution in [3.05, 3.63) is 41.5 Å². The number of benzene rings is 1. The van der Waals surface area contributed by atoms with Crippen LogP contribution in [0.2, 0.25) is 0 Å². The monoisotopic (exact) mass is 383 g/mol. The molecule has 0 fully saturated rings. The molecule has 1 aromatic carbocycles. The molecule has 0 saturated carbocycles. The summed E-state index contributed by atoms with van der Waals surface area (Å²) in [6.07, 6.45) is -5.14. The predicted molar refractivity (Wildman–Crippen MR) is 93.7 cm³/mol. The van der Waals surface area contributed by atoms with Crippen molar-refractivity contribution in [2.24, 2.45) is 11.7 Å². The standard InChI is InChI=1S/C18H25NO8/c1-3-18(25,9(2)8-19)10-5-4-6-11(7-10)26-17-14(22)12(20)13(21)15(27-17)16(23)24/h4-7,9,12-13,15,20-22,25H,3,8,19H2,1-2H3,(H,23,24)/t9?,12?,13-,15?,18?/m0/s1. The molecule has 0 radical (unpaired) electrons. The van der Waals surface area contributed by atoms with E-state index in [1.807, 2.05) is 13.8 Å². The zero-order chi connectivity index (χ0) is 20.4. The Morgan fingerprint density at radius 2 is 2.07 bits per heavy atom. The molecule has 0 spiro atoms. The van der Waals surface area contributed by atoms with Gasteiger partial charge in [0.1, 0.15) is 18.0 Å². The SMILES string of the molecule is CCC(O)(c1cccc(OC2=C(O)C(O)[C@H](O)C(C(=O)O)O2)c1)C(C)CN. The Labute approximate surface area is 156 Å². The van der Waals surface area contributed by atoms with Crippen LogP contribution in [0.5, 0.6) is 5.75 Å². The minimum absolute atomic E-state index is 0.137. The highest BCUT2D eigenvalue weighted by Gasteiger charge is 2.44. The van der Waals surface area contributed by atoms with Crippen molar-refractivity contribution in [2.45, 2.75) is 44.2 Å². The van der Waals surface area contributed by atoms with Crippen molar-refractivity contribution < 1.29 is 39.8 Å². The van der Waals surface area contributed by atoms with Gasteiger partial charge in [0.2, 0.25) is 11.9 Å². The van der Waals surface area contributed by atoms with E-state index in [9.17, 15) is 25.2 Å². The van der Waals surface area contributed by atoms with Gasteiger partial charge in [-0.15, -0.1) is 0 Å². The minimum Gasteiger partial charge on any atom is -0.504 e. The van der Waals surface area contributed by atoms with Crippen LogP contribution in [0.1, 0.15) is 25.8 Å². The van der Waals surface area contributed by atoms with E-state index in [-0.39, 0.29) is 18.2 Å². The van der Waals surface area contributed by atoms with Gasteiger partial charge in [-0.1, -0.05) is 26.0 Å². The Kier molecular flexibility index (Phi) is 6.32. The lowest BCUT2D eigenvalue weighted by Gasteiger charge is -2.33. The van der Waals surface area contributed by atoms with Gasteiger partial charge < -0.3 is 40.7 Å². The third-order valence-electron chi connectivity index (χ3n) is 4.85. The number of carboxylic acid groups (broad SMARTS) is 1.